The molecule has 2 N–H and O–H groups in total. The molecule has 0 aromatic rings. The van der Waals surface area contributed by atoms with Crippen LogP contribution in [0.2, 0.25) is 0 Å². The van der Waals surface area contributed by atoms with Crippen LogP contribution in [0.3, 0.4) is 0 Å². The van der Waals surface area contributed by atoms with Gasteiger partial charge in [-0.05, 0) is 33.1 Å². The zero-order valence-electron chi connectivity index (χ0n) is 11.3. The summed E-state index contributed by atoms with van der Waals surface area (Å²) in [4.78, 5) is 0. The molecule has 1 saturated heterocycles. The summed E-state index contributed by atoms with van der Waals surface area (Å²) in [7, 11) is -6.61. The third-order valence-corrected chi connectivity index (χ3v) is 7.60. The molecule has 2 aliphatic rings. The van der Waals surface area contributed by atoms with Crippen molar-refractivity contribution < 1.29 is 16.8 Å². The highest BCUT2D eigenvalue weighted by molar-refractivity contribution is 7.92. The van der Waals surface area contributed by atoms with Crippen LogP contribution in [0.4, 0.5) is 0 Å². The van der Waals surface area contributed by atoms with Crippen molar-refractivity contribution in [1.82, 2.24) is 10.0 Å². The van der Waals surface area contributed by atoms with Crippen molar-refractivity contribution in [3.05, 3.63) is 0 Å². The van der Waals surface area contributed by atoms with E-state index >= 15 is 0 Å². The number of hydrogen-bond donors (Lipinski definition) is 2. The topological polar surface area (TPSA) is 92.3 Å². The molecule has 0 spiro atoms. The standard InChI is InChI=1S/C11H22N2O4S2/c1-9(7-12-10-3-4-10)19(16,17)13-11(2)5-6-18(14,15)8-11/h9-10,12-13H,3-8H2,1-2H3. The van der Waals surface area contributed by atoms with E-state index in [9.17, 15) is 16.8 Å². The molecule has 8 heteroatoms. The zero-order chi connectivity index (χ0) is 14.3. The number of sulfonamides is 1. The molecule has 2 atom stereocenters. The van der Waals surface area contributed by atoms with Gasteiger partial charge in [0.05, 0.1) is 16.8 Å². The van der Waals surface area contributed by atoms with Crippen molar-refractivity contribution in [1.29, 1.82) is 0 Å². The second kappa shape index (κ2) is 4.98. The Morgan fingerprint density at radius 3 is 2.47 bits per heavy atom. The minimum absolute atomic E-state index is 0.0563. The number of rotatable bonds is 6. The highest BCUT2D eigenvalue weighted by Crippen LogP contribution is 2.24. The molecule has 19 heavy (non-hydrogen) atoms. The first-order valence-corrected chi connectivity index (χ1v) is 9.95. The van der Waals surface area contributed by atoms with E-state index in [4.69, 9.17) is 0 Å². The molecule has 1 heterocycles. The Labute approximate surface area is 115 Å². The molecular weight excluding hydrogens is 288 g/mol. The van der Waals surface area contributed by atoms with E-state index in [0.29, 0.717) is 19.0 Å². The van der Waals surface area contributed by atoms with Gasteiger partial charge >= 0.3 is 0 Å². The predicted molar refractivity (Wildman–Crippen MR) is 74.2 cm³/mol. The van der Waals surface area contributed by atoms with Crippen molar-refractivity contribution in [2.45, 2.75) is 49.9 Å². The molecule has 0 amide bonds. The zero-order valence-corrected chi connectivity index (χ0v) is 13.0. The fourth-order valence-corrected chi connectivity index (χ4v) is 5.83. The fourth-order valence-electron chi connectivity index (χ4n) is 2.26. The van der Waals surface area contributed by atoms with E-state index in [1.807, 2.05) is 0 Å². The summed E-state index contributed by atoms with van der Waals surface area (Å²) in [6, 6.07) is 0.458. The van der Waals surface area contributed by atoms with E-state index in [2.05, 4.69) is 10.0 Å². The van der Waals surface area contributed by atoms with E-state index in [1.54, 1.807) is 13.8 Å². The van der Waals surface area contributed by atoms with Crippen LogP contribution < -0.4 is 10.0 Å². The van der Waals surface area contributed by atoms with Gasteiger partial charge in [0.1, 0.15) is 0 Å². The van der Waals surface area contributed by atoms with Crippen molar-refractivity contribution in [3.63, 3.8) is 0 Å². The summed E-state index contributed by atoms with van der Waals surface area (Å²) >= 11 is 0. The van der Waals surface area contributed by atoms with E-state index in [-0.39, 0.29) is 11.5 Å². The molecule has 1 saturated carbocycles. The molecule has 0 aromatic carbocycles. The quantitative estimate of drug-likeness (QED) is 0.698. The molecule has 0 radical (unpaired) electrons. The van der Waals surface area contributed by atoms with Crippen molar-refractivity contribution in [3.8, 4) is 0 Å². The summed E-state index contributed by atoms with van der Waals surface area (Å²) in [5, 5.41) is 2.62. The van der Waals surface area contributed by atoms with Crippen LogP contribution in [-0.4, -0.2) is 51.7 Å². The maximum Gasteiger partial charge on any atom is 0.215 e. The molecule has 1 aliphatic heterocycles. The van der Waals surface area contributed by atoms with Crippen LogP contribution in [0.15, 0.2) is 0 Å². The molecule has 1 aliphatic carbocycles. The summed E-state index contributed by atoms with van der Waals surface area (Å²) in [6.07, 6.45) is 2.56. The maximum absolute atomic E-state index is 12.2. The average molecular weight is 310 g/mol. The number of nitrogens with one attached hydrogen (secondary N) is 2. The minimum atomic E-state index is -3.50. The first-order chi connectivity index (χ1) is 8.62. The second-order valence-electron chi connectivity index (χ2n) is 6.04. The lowest BCUT2D eigenvalue weighted by atomic mass is 10.0. The van der Waals surface area contributed by atoms with Gasteiger partial charge in [0.2, 0.25) is 10.0 Å². The Bertz CT molecular complexity index is 539. The van der Waals surface area contributed by atoms with Crippen LogP contribution in [0.5, 0.6) is 0 Å². The highest BCUT2D eigenvalue weighted by atomic mass is 32.2. The lowest BCUT2D eigenvalue weighted by molar-refractivity contribution is 0.455. The predicted octanol–water partition coefficient (Wildman–Crippen LogP) is -0.376. The molecule has 2 rings (SSSR count). The minimum Gasteiger partial charge on any atom is -0.313 e. The Hall–Kier alpha value is -0.180. The molecule has 0 bridgehead atoms. The number of sulfone groups is 1. The maximum atomic E-state index is 12.2. The number of hydrogen-bond acceptors (Lipinski definition) is 5. The first-order valence-electron chi connectivity index (χ1n) is 6.59. The Kier molecular flexibility index (Phi) is 3.99. The highest BCUT2D eigenvalue weighted by Gasteiger charge is 2.42. The molecule has 112 valence electrons. The Balaban J connectivity index is 1.95. The van der Waals surface area contributed by atoms with Gasteiger partial charge in [0.25, 0.3) is 0 Å². The SMILES string of the molecule is CC(CNC1CC1)S(=O)(=O)NC1(C)CCS(=O)(=O)C1. The van der Waals surface area contributed by atoms with E-state index in [1.165, 1.54) is 0 Å². The first kappa shape index (κ1) is 15.2. The van der Waals surface area contributed by atoms with Gasteiger partial charge in [0, 0.05) is 18.1 Å². The van der Waals surface area contributed by atoms with E-state index < -0.39 is 30.6 Å². The monoisotopic (exact) mass is 310 g/mol. The van der Waals surface area contributed by atoms with Crippen LogP contribution in [0.25, 0.3) is 0 Å². The van der Waals surface area contributed by atoms with Crippen molar-refractivity contribution in [2.24, 2.45) is 0 Å². The Morgan fingerprint density at radius 2 is 2.00 bits per heavy atom. The van der Waals surface area contributed by atoms with Gasteiger partial charge in [-0.1, -0.05) is 0 Å². The second-order valence-corrected chi connectivity index (χ2v) is 10.3. The van der Waals surface area contributed by atoms with Gasteiger partial charge in [-0.15, -0.1) is 0 Å². The lowest BCUT2D eigenvalue weighted by Crippen LogP contribution is -2.51. The van der Waals surface area contributed by atoms with Gasteiger partial charge in [-0.25, -0.2) is 21.6 Å². The van der Waals surface area contributed by atoms with Crippen molar-refractivity contribution >= 4 is 19.9 Å². The summed E-state index contributed by atoms with van der Waals surface area (Å²) in [5.74, 6) is -0.0528. The molecule has 0 aromatic heterocycles. The average Bonchev–Trinajstić information content (AvgIpc) is 3.01. The normalized spacial score (nSPS) is 32.3. The van der Waals surface area contributed by atoms with Gasteiger partial charge in [-0.2, -0.15) is 0 Å². The summed E-state index contributed by atoms with van der Waals surface area (Å²) < 4.78 is 49.9. The van der Waals surface area contributed by atoms with E-state index in [0.717, 1.165) is 12.8 Å². The van der Waals surface area contributed by atoms with Gasteiger partial charge in [-0.3, -0.25) is 0 Å². The van der Waals surface area contributed by atoms with Crippen LogP contribution in [0, 0.1) is 0 Å². The van der Waals surface area contributed by atoms with Gasteiger partial charge in [0.15, 0.2) is 9.84 Å². The molecule has 2 unspecified atom stereocenters. The lowest BCUT2D eigenvalue weighted by Gasteiger charge is -2.26. The van der Waals surface area contributed by atoms with Crippen LogP contribution >= 0.6 is 0 Å². The fraction of sp³-hybridized carbons (Fsp3) is 1.00. The summed E-state index contributed by atoms with van der Waals surface area (Å²) in [6.45, 7) is 3.71. The third kappa shape index (κ3) is 4.14. The largest absolute Gasteiger partial charge is 0.313 e. The summed E-state index contributed by atoms with van der Waals surface area (Å²) in [5.41, 5.74) is -0.856. The molecule has 6 nitrogen and oxygen atoms in total. The molecular formula is C11H22N2O4S2. The van der Waals surface area contributed by atoms with Crippen LogP contribution in [-0.2, 0) is 19.9 Å². The Morgan fingerprint density at radius 1 is 1.37 bits per heavy atom. The third-order valence-electron chi connectivity index (χ3n) is 3.69. The molecule has 2 fully saturated rings. The van der Waals surface area contributed by atoms with Gasteiger partial charge < -0.3 is 5.32 Å². The van der Waals surface area contributed by atoms with Crippen molar-refractivity contribution in [2.75, 3.05) is 18.1 Å². The van der Waals surface area contributed by atoms with Crippen LogP contribution in [0.1, 0.15) is 33.1 Å². The smallest absolute Gasteiger partial charge is 0.215 e.